The monoisotopic (exact) mass is 182 g/mol. The molecular weight excluding hydrogens is 160 g/mol. The van der Waals surface area contributed by atoms with Gasteiger partial charge in [-0.15, -0.1) is 6.58 Å². The van der Waals surface area contributed by atoms with Gasteiger partial charge in [0, 0.05) is 6.54 Å². The van der Waals surface area contributed by atoms with Crippen molar-refractivity contribution in [2.75, 3.05) is 26.2 Å². The molecule has 1 aliphatic heterocycles. The van der Waals surface area contributed by atoms with Crippen molar-refractivity contribution in [3.05, 3.63) is 12.7 Å². The summed E-state index contributed by atoms with van der Waals surface area (Å²) in [5, 5.41) is 6.74. The molecule has 2 heteroatoms. The highest BCUT2D eigenvalue weighted by molar-refractivity contribution is 4.71. The molecule has 0 aromatic heterocycles. The maximum atomic E-state index is 3.68. The molecule has 1 aliphatic rings. The van der Waals surface area contributed by atoms with Crippen molar-refractivity contribution >= 4 is 0 Å². The summed E-state index contributed by atoms with van der Waals surface area (Å²) < 4.78 is 0. The van der Waals surface area contributed by atoms with Crippen LogP contribution in [0, 0.1) is 5.92 Å². The lowest BCUT2D eigenvalue weighted by Gasteiger charge is -2.22. The maximum absolute atomic E-state index is 3.68. The average Bonchev–Trinajstić information content (AvgIpc) is 2.19. The molecule has 2 nitrogen and oxygen atoms in total. The lowest BCUT2D eigenvalue weighted by Crippen LogP contribution is -2.28. The molecule has 0 aromatic rings. The summed E-state index contributed by atoms with van der Waals surface area (Å²) in [5.41, 5.74) is 0. The zero-order chi connectivity index (χ0) is 9.36. The number of rotatable bonds is 6. The SMILES string of the molecule is C=CCNCCCC1CCNCC1. The van der Waals surface area contributed by atoms with Crippen molar-refractivity contribution in [1.82, 2.24) is 10.6 Å². The molecule has 0 amide bonds. The van der Waals surface area contributed by atoms with E-state index in [2.05, 4.69) is 17.2 Å². The van der Waals surface area contributed by atoms with Crippen molar-refractivity contribution in [3.63, 3.8) is 0 Å². The van der Waals surface area contributed by atoms with Gasteiger partial charge in [-0.2, -0.15) is 0 Å². The number of hydrogen-bond acceptors (Lipinski definition) is 2. The summed E-state index contributed by atoms with van der Waals surface area (Å²) in [4.78, 5) is 0. The zero-order valence-electron chi connectivity index (χ0n) is 8.52. The van der Waals surface area contributed by atoms with E-state index in [9.17, 15) is 0 Å². The fourth-order valence-electron chi connectivity index (χ4n) is 1.89. The van der Waals surface area contributed by atoms with Crippen molar-refractivity contribution in [2.24, 2.45) is 5.92 Å². The molecule has 0 bridgehead atoms. The van der Waals surface area contributed by atoms with Gasteiger partial charge in [0.1, 0.15) is 0 Å². The molecule has 2 N–H and O–H groups in total. The van der Waals surface area contributed by atoms with E-state index in [0.717, 1.165) is 19.0 Å². The van der Waals surface area contributed by atoms with Crippen LogP contribution >= 0.6 is 0 Å². The third-order valence-electron chi connectivity index (χ3n) is 2.71. The second-order valence-corrected chi connectivity index (χ2v) is 3.83. The van der Waals surface area contributed by atoms with Crippen LogP contribution in [0.4, 0.5) is 0 Å². The van der Waals surface area contributed by atoms with Crippen LogP contribution in [0.3, 0.4) is 0 Å². The molecule has 0 spiro atoms. The van der Waals surface area contributed by atoms with Crippen LogP contribution in [0.1, 0.15) is 25.7 Å². The molecular formula is C11H22N2. The first-order valence-electron chi connectivity index (χ1n) is 5.46. The second-order valence-electron chi connectivity index (χ2n) is 3.83. The van der Waals surface area contributed by atoms with Gasteiger partial charge in [0.15, 0.2) is 0 Å². The predicted molar refractivity (Wildman–Crippen MR) is 57.9 cm³/mol. The van der Waals surface area contributed by atoms with Gasteiger partial charge in [-0.3, -0.25) is 0 Å². The first-order chi connectivity index (χ1) is 6.43. The predicted octanol–water partition coefficient (Wildman–Crippen LogP) is 1.54. The van der Waals surface area contributed by atoms with Crippen LogP contribution < -0.4 is 10.6 Å². The third-order valence-corrected chi connectivity index (χ3v) is 2.71. The van der Waals surface area contributed by atoms with Crippen molar-refractivity contribution in [1.29, 1.82) is 0 Å². The van der Waals surface area contributed by atoms with E-state index >= 15 is 0 Å². The van der Waals surface area contributed by atoms with Crippen molar-refractivity contribution < 1.29 is 0 Å². The van der Waals surface area contributed by atoms with Crippen LogP contribution in [0.2, 0.25) is 0 Å². The normalized spacial score (nSPS) is 18.8. The molecule has 0 aromatic carbocycles. The van der Waals surface area contributed by atoms with Crippen molar-refractivity contribution in [3.8, 4) is 0 Å². The molecule has 13 heavy (non-hydrogen) atoms. The second kappa shape index (κ2) is 7.10. The summed E-state index contributed by atoms with van der Waals surface area (Å²) in [6.07, 6.45) is 7.39. The van der Waals surface area contributed by atoms with Gasteiger partial charge < -0.3 is 10.6 Å². The average molecular weight is 182 g/mol. The highest BCUT2D eigenvalue weighted by atomic mass is 14.9. The fraction of sp³-hybridized carbons (Fsp3) is 0.818. The first-order valence-corrected chi connectivity index (χ1v) is 5.46. The summed E-state index contributed by atoms with van der Waals surface area (Å²) >= 11 is 0. The molecule has 1 heterocycles. The molecule has 0 unspecified atom stereocenters. The Bertz CT molecular complexity index is 128. The van der Waals surface area contributed by atoms with Crippen LogP contribution in [-0.2, 0) is 0 Å². The molecule has 1 fully saturated rings. The van der Waals surface area contributed by atoms with E-state index in [0.29, 0.717) is 0 Å². The molecule has 76 valence electrons. The van der Waals surface area contributed by atoms with Crippen LogP contribution in [0.5, 0.6) is 0 Å². The van der Waals surface area contributed by atoms with Gasteiger partial charge in [0.25, 0.3) is 0 Å². The van der Waals surface area contributed by atoms with E-state index in [-0.39, 0.29) is 0 Å². The van der Waals surface area contributed by atoms with E-state index in [1.807, 2.05) is 6.08 Å². The number of hydrogen-bond donors (Lipinski definition) is 2. The van der Waals surface area contributed by atoms with Crippen LogP contribution in [-0.4, -0.2) is 26.2 Å². The van der Waals surface area contributed by atoms with E-state index in [4.69, 9.17) is 0 Å². The summed E-state index contributed by atoms with van der Waals surface area (Å²) in [5.74, 6) is 0.979. The molecule has 0 atom stereocenters. The Morgan fingerprint density at radius 2 is 2.15 bits per heavy atom. The Hall–Kier alpha value is -0.340. The quantitative estimate of drug-likeness (QED) is 0.481. The van der Waals surface area contributed by atoms with Crippen LogP contribution in [0.25, 0.3) is 0 Å². The minimum atomic E-state index is 0.951. The Balaban J connectivity index is 1.89. The van der Waals surface area contributed by atoms with Gasteiger partial charge in [0.2, 0.25) is 0 Å². The highest BCUT2D eigenvalue weighted by Crippen LogP contribution is 2.16. The van der Waals surface area contributed by atoms with Gasteiger partial charge in [-0.05, 0) is 51.2 Å². The van der Waals surface area contributed by atoms with Crippen LogP contribution in [0.15, 0.2) is 12.7 Å². The Kier molecular flexibility index (Phi) is 5.87. The molecule has 1 saturated heterocycles. The lowest BCUT2D eigenvalue weighted by atomic mass is 9.93. The van der Waals surface area contributed by atoms with E-state index in [1.165, 1.54) is 38.8 Å². The zero-order valence-corrected chi connectivity index (χ0v) is 8.52. The van der Waals surface area contributed by atoms with Gasteiger partial charge in [-0.25, -0.2) is 0 Å². The largest absolute Gasteiger partial charge is 0.317 e. The smallest absolute Gasteiger partial charge is 0.0132 e. The van der Waals surface area contributed by atoms with Gasteiger partial charge >= 0.3 is 0 Å². The molecule has 0 radical (unpaired) electrons. The molecule has 1 rings (SSSR count). The van der Waals surface area contributed by atoms with E-state index in [1.54, 1.807) is 0 Å². The highest BCUT2D eigenvalue weighted by Gasteiger charge is 2.11. The lowest BCUT2D eigenvalue weighted by molar-refractivity contribution is 0.345. The summed E-state index contributed by atoms with van der Waals surface area (Å²) in [7, 11) is 0. The Morgan fingerprint density at radius 1 is 1.38 bits per heavy atom. The minimum absolute atomic E-state index is 0.951. The molecule has 0 aliphatic carbocycles. The summed E-state index contributed by atoms with van der Waals surface area (Å²) in [6.45, 7) is 8.23. The minimum Gasteiger partial charge on any atom is -0.317 e. The topological polar surface area (TPSA) is 24.1 Å². The Labute approximate surface area is 81.8 Å². The number of nitrogens with one attached hydrogen (secondary N) is 2. The first kappa shape index (κ1) is 10.7. The van der Waals surface area contributed by atoms with Crippen molar-refractivity contribution in [2.45, 2.75) is 25.7 Å². The number of piperidine rings is 1. The fourth-order valence-corrected chi connectivity index (χ4v) is 1.89. The Morgan fingerprint density at radius 3 is 2.85 bits per heavy atom. The standard InChI is InChI=1S/C11H22N2/c1-2-7-12-8-3-4-11-5-9-13-10-6-11/h2,11-13H,1,3-10H2. The maximum Gasteiger partial charge on any atom is 0.0132 e. The molecule has 0 saturated carbocycles. The van der Waals surface area contributed by atoms with E-state index < -0.39 is 0 Å². The summed E-state index contributed by atoms with van der Waals surface area (Å²) in [6, 6.07) is 0. The van der Waals surface area contributed by atoms with Gasteiger partial charge in [-0.1, -0.05) is 6.08 Å². The third kappa shape index (κ3) is 5.06. The van der Waals surface area contributed by atoms with Gasteiger partial charge in [0.05, 0.1) is 0 Å².